The van der Waals surface area contributed by atoms with Gasteiger partial charge in [-0.05, 0) is 44.9 Å². The maximum Gasteiger partial charge on any atom is 0.410 e. The lowest BCUT2D eigenvalue weighted by Crippen LogP contribution is -2.44. The monoisotopic (exact) mass is 399 g/mol. The molecule has 0 aromatic heterocycles. The maximum absolute atomic E-state index is 12.5. The molecule has 3 rings (SSSR count). The van der Waals surface area contributed by atoms with Crippen molar-refractivity contribution in [3.63, 3.8) is 0 Å². The summed E-state index contributed by atoms with van der Waals surface area (Å²) in [5.74, 6) is -0.613. The minimum atomic E-state index is -0.586. The average Bonchev–Trinajstić information content (AvgIpc) is 2.90. The summed E-state index contributed by atoms with van der Waals surface area (Å²) in [6, 6.07) is 6.78. The molecular formula is C21H25N3O5. The predicted molar refractivity (Wildman–Crippen MR) is 107 cm³/mol. The molecule has 8 heteroatoms. The fraction of sp³-hybridized carbons (Fsp3) is 0.429. The molecule has 0 saturated carbocycles. The van der Waals surface area contributed by atoms with E-state index >= 15 is 0 Å². The van der Waals surface area contributed by atoms with Crippen molar-refractivity contribution in [2.45, 2.75) is 32.8 Å². The van der Waals surface area contributed by atoms with E-state index in [-0.39, 0.29) is 24.9 Å². The summed E-state index contributed by atoms with van der Waals surface area (Å²) in [5, 5.41) is 4.03. The van der Waals surface area contributed by atoms with Crippen molar-refractivity contribution in [3.05, 3.63) is 47.0 Å². The fourth-order valence-corrected chi connectivity index (χ4v) is 3.27. The Morgan fingerprint density at radius 3 is 2.34 bits per heavy atom. The van der Waals surface area contributed by atoms with E-state index in [1.54, 1.807) is 35.2 Å². The molecule has 2 aliphatic heterocycles. The Kier molecular flexibility index (Phi) is 5.72. The van der Waals surface area contributed by atoms with Gasteiger partial charge in [-0.3, -0.25) is 14.5 Å². The second-order valence-electron chi connectivity index (χ2n) is 7.87. The third kappa shape index (κ3) is 4.47. The zero-order chi connectivity index (χ0) is 21.2. The maximum atomic E-state index is 12.5. The van der Waals surface area contributed by atoms with Gasteiger partial charge < -0.3 is 14.5 Å². The fourth-order valence-electron chi connectivity index (χ4n) is 3.27. The van der Waals surface area contributed by atoms with Gasteiger partial charge in [0.25, 0.3) is 11.8 Å². The number of carbonyl (C=O) groups is 3. The number of fused-ring (bicyclic) bond motifs is 1. The third-order valence-corrected chi connectivity index (χ3v) is 4.61. The predicted octanol–water partition coefficient (Wildman–Crippen LogP) is 2.85. The van der Waals surface area contributed by atoms with E-state index in [2.05, 4.69) is 5.16 Å². The summed E-state index contributed by atoms with van der Waals surface area (Å²) in [6.07, 6.45) is 1.90. The topological polar surface area (TPSA) is 88.5 Å². The zero-order valence-corrected chi connectivity index (χ0v) is 17.1. The van der Waals surface area contributed by atoms with Crippen molar-refractivity contribution in [1.82, 2.24) is 9.80 Å². The van der Waals surface area contributed by atoms with E-state index in [0.29, 0.717) is 29.8 Å². The molecule has 1 aromatic rings. The standard InChI is InChI=1S/C21H25N3O5/c1-21(2,3)29-20(27)23-11-9-14(17(13-23)22-28-4)10-12-24-18(25)15-7-5-6-8-16(15)19(24)26/h5-8,10H,9,11-13H2,1-4H3/b14-10+,22-17-. The molecule has 0 radical (unpaired) electrons. The van der Waals surface area contributed by atoms with Crippen LogP contribution >= 0.6 is 0 Å². The average molecular weight is 399 g/mol. The molecule has 0 aliphatic carbocycles. The minimum absolute atomic E-state index is 0.136. The first-order valence-electron chi connectivity index (χ1n) is 9.44. The first-order chi connectivity index (χ1) is 13.7. The molecule has 0 unspecified atom stereocenters. The molecule has 1 fully saturated rings. The SMILES string of the molecule is CO/N=C1/CN(C(=O)OC(C)(C)C)CC/C1=C\CN1C(=O)c2ccccc2C1=O. The summed E-state index contributed by atoms with van der Waals surface area (Å²) in [5.41, 5.74) is 1.66. The molecule has 3 amide bonds. The Balaban J connectivity index is 1.72. The number of hydrogen-bond donors (Lipinski definition) is 0. The van der Waals surface area contributed by atoms with Crippen LogP contribution in [-0.2, 0) is 9.57 Å². The highest BCUT2D eigenvalue weighted by Crippen LogP contribution is 2.23. The zero-order valence-electron chi connectivity index (χ0n) is 17.1. The number of hydrogen-bond acceptors (Lipinski definition) is 6. The summed E-state index contributed by atoms with van der Waals surface area (Å²) in [6.45, 7) is 6.25. The van der Waals surface area contributed by atoms with Crippen LogP contribution in [0.1, 0.15) is 47.9 Å². The van der Waals surface area contributed by atoms with Crippen LogP contribution in [0.3, 0.4) is 0 Å². The van der Waals surface area contributed by atoms with Crippen LogP contribution < -0.4 is 0 Å². The van der Waals surface area contributed by atoms with Crippen LogP contribution in [0.15, 0.2) is 41.1 Å². The molecular weight excluding hydrogens is 374 g/mol. The molecule has 0 atom stereocenters. The highest BCUT2D eigenvalue weighted by atomic mass is 16.6. The number of ether oxygens (including phenoxy) is 1. The molecule has 0 spiro atoms. The van der Waals surface area contributed by atoms with E-state index in [4.69, 9.17) is 9.57 Å². The van der Waals surface area contributed by atoms with Gasteiger partial charge in [-0.1, -0.05) is 23.4 Å². The lowest BCUT2D eigenvalue weighted by Gasteiger charge is -2.31. The number of piperidine rings is 1. The molecule has 29 heavy (non-hydrogen) atoms. The van der Waals surface area contributed by atoms with E-state index in [0.717, 1.165) is 5.57 Å². The van der Waals surface area contributed by atoms with Gasteiger partial charge in [-0.25, -0.2) is 4.79 Å². The minimum Gasteiger partial charge on any atom is -0.444 e. The van der Waals surface area contributed by atoms with E-state index in [9.17, 15) is 14.4 Å². The number of carbonyl (C=O) groups excluding carboxylic acids is 3. The molecule has 8 nitrogen and oxygen atoms in total. The van der Waals surface area contributed by atoms with Crippen LogP contribution in [0.25, 0.3) is 0 Å². The molecule has 2 heterocycles. The van der Waals surface area contributed by atoms with Crippen LogP contribution in [0, 0.1) is 0 Å². The van der Waals surface area contributed by atoms with Crippen molar-refractivity contribution >= 4 is 23.6 Å². The number of amides is 3. The van der Waals surface area contributed by atoms with Gasteiger partial charge >= 0.3 is 6.09 Å². The van der Waals surface area contributed by atoms with Gasteiger partial charge in [-0.2, -0.15) is 0 Å². The van der Waals surface area contributed by atoms with Crippen LogP contribution in [0.2, 0.25) is 0 Å². The molecule has 154 valence electrons. The number of likely N-dealkylation sites (tertiary alicyclic amines) is 1. The van der Waals surface area contributed by atoms with Gasteiger partial charge in [0, 0.05) is 13.1 Å². The lowest BCUT2D eigenvalue weighted by atomic mass is 10.0. The quantitative estimate of drug-likeness (QED) is 0.576. The van der Waals surface area contributed by atoms with E-state index in [1.165, 1.54) is 12.0 Å². The van der Waals surface area contributed by atoms with Crippen LogP contribution in [-0.4, -0.2) is 65.8 Å². The van der Waals surface area contributed by atoms with Gasteiger partial charge in [0.05, 0.1) is 17.7 Å². The highest BCUT2D eigenvalue weighted by Gasteiger charge is 2.35. The molecule has 0 bridgehead atoms. The summed E-state index contributed by atoms with van der Waals surface area (Å²) in [4.78, 5) is 45.1. The Morgan fingerprint density at radius 2 is 1.79 bits per heavy atom. The summed E-state index contributed by atoms with van der Waals surface area (Å²) < 4.78 is 5.42. The molecule has 2 aliphatic rings. The number of oxime groups is 1. The number of nitrogens with zero attached hydrogens (tertiary/aromatic N) is 3. The van der Waals surface area contributed by atoms with Crippen molar-refractivity contribution in [1.29, 1.82) is 0 Å². The number of rotatable bonds is 3. The van der Waals surface area contributed by atoms with Crippen molar-refractivity contribution in [2.75, 3.05) is 26.7 Å². The molecule has 1 aromatic carbocycles. The van der Waals surface area contributed by atoms with Crippen molar-refractivity contribution in [3.8, 4) is 0 Å². The van der Waals surface area contributed by atoms with Crippen molar-refractivity contribution in [2.24, 2.45) is 5.16 Å². The summed E-state index contributed by atoms with van der Waals surface area (Å²) >= 11 is 0. The molecule has 0 N–H and O–H groups in total. The highest BCUT2D eigenvalue weighted by molar-refractivity contribution is 6.21. The normalized spacial score (nSPS) is 19.7. The second kappa shape index (κ2) is 8.06. The van der Waals surface area contributed by atoms with Crippen LogP contribution in [0.5, 0.6) is 0 Å². The first kappa shape index (κ1) is 20.6. The Hall–Kier alpha value is -3.16. The number of benzene rings is 1. The largest absolute Gasteiger partial charge is 0.444 e. The molecule has 1 saturated heterocycles. The van der Waals surface area contributed by atoms with Crippen LogP contribution in [0.4, 0.5) is 4.79 Å². The second-order valence-corrected chi connectivity index (χ2v) is 7.87. The summed E-state index contributed by atoms with van der Waals surface area (Å²) in [7, 11) is 1.43. The third-order valence-electron chi connectivity index (χ3n) is 4.61. The van der Waals surface area contributed by atoms with Gasteiger partial charge in [0.2, 0.25) is 0 Å². The van der Waals surface area contributed by atoms with E-state index < -0.39 is 11.7 Å². The van der Waals surface area contributed by atoms with Gasteiger partial charge in [-0.15, -0.1) is 0 Å². The Labute approximate surface area is 169 Å². The Bertz CT molecular complexity index is 863. The lowest BCUT2D eigenvalue weighted by molar-refractivity contribution is 0.0272. The number of imide groups is 1. The van der Waals surface area contributed by atoms with Gasteiger partial charge in [0.15, 0.2) is 0 Å². The van der Waals surface area contributed by atoms with Crippen molar-refractivity contribution < 1.29 is 24.0 Å². The van der Waals surface area contributed by atoms with E-state index in [1.807, 2.05) is 20.8 Å². The Morgan fingerprint density at radius 1 is 1.17 bits per heavy atom. The first-order valence-corrected chi connectivity index (χ1v) is 9.44. The smallest absolute Gasteiger partial charge is 0.410 e. The van der Waals surface area contributed by atoms with Gasteiger partial charge in [0.1, 0.15) is 18.4 Å².